The summed E-state index contributed by atoms with van der Waals surface area (Å²) >= 11 is 1.69. The molecule has 15 heavy (non-hydrogen) atoms. The molecule has 1 rings (SSSR count). The molecule has 86 valence electrons. The van der Waals surface area contributed by atoms with Crippen molar-refractivity contribution in [1.29, 1.82) is 0 Å². The SMILES string of the molecule is CCOCC(O)CNC(C)c1ccsc1. The number of aliphatic hydroxyl groups excluding tert-OH is 1. The van der Waals surface area contributed by atoms with E-state index in [1.54, 1.807) is 11.3 Å². The van der Waals surface area contributed by atoms with Gasteiger partial charge in [0.25, 0.3) is 0 Å². The molecule has 2 N–H and O–H groups in total. The average Bonchev–Trinajstić information content (AvgIpc) is 2.76. The predicted molar refractivity (Wildman–Crippen MR) is 63.2 cm³/mol. The summed E-state index contributed by atoms with van der Waals surface area (Å²) in [5, 5.41) is 17.0. The fourth-order valence-electron chi connectivity index (χ4n) is 1.26. The summed E-state index contributed by atoms with van der Waals surface area (Å²) < 4.78 is 5.13. The second kappa shape index (κ2) is 6.95. The molecule has 0 aliphatic heterocycles. The van der Waals surface area contributed by atoms with Crippen LogP contribution in [0.1, 0.15) is 25.5 Å². The van der Waals surface area contributed by atoms with E-state index >= 15 is 0 Å². The zero-order valence-electron chi connectivity index (χ0n) is 9.27. The van der Waals surface area contributed by atoms with Crippen LogP contribution in [-0.4, -0.2) is 31.0 Å². The second-order valence-electron chi connectivity index (χ2n) is 3.50. The molecule has 2 unspecified atom stereocenters. The first-order valence-electron chi connectivity index (χ1n) is 5.25. The lowest BCUT2D eigenvalue weighted by Crippen LogP contribution is -2.32. The summed E-state index contributed by atoms with van der Waals surface area (Å²) in [5.41, 5.74) is 1.27. The Balaban J connectivity index is 2.19. The Labute approximate surface area is 95.1 Å². The summed E-state index contributed by atoms with van der Waals surface area (Å²) in [6, 6.07) is 2.38. The van der Waals surface area contributed by atoms with Crippen molar-refractivity contribution in [2.24, 2.45) is 0 Å². The third-order valence-electron chi connectivity index (χ3n) is 2.22. The van der Waals surface area contributed by atoms with Crippen LogP contribution in [0.2, 0.25) is 0 Å². The van der Waals surface area contributed by atoms with E-state index in [1.807, 2.05) is 6.92 Å². The summed E-state index contributed by atoms with van der Waals surface area (Å²) in [4.78, 5) is 0. The van der Waals surface area contributed by atoms with Gasteiger partial charge in [0, 0.05) is 19.2 Å². The van der Waals surface area contributed by atoms with E-state index in [4.69, 9.17) is 4.74 Å². The Bertz CT molecular complexity index is 251. The van der Waals surface area contributed by atoms with Crippen LogP contribution >= 0.6 is 11.3 Å². The minimum absolute atomic E-state index is 0.285. The topological polar surface area (TPSA) is 41.5 Å². The zero-order chi connectivity index (χ0) is 11.1. The van der Waals surface area contributed by atoms with Gasteiger partial charge in [-0.25, -0.2) is 0 Å². The molecule has 0 saturated heterocycles. The van der Waals surface area contributed by atoms with Gasteiger partial charge in [-0.1, -0.05) is 0 Å². The van der Waals surface area contributed by atoms with Crippen molar-refractivity contribution in [3.63, 3.8) is 0 Å². The van der Waals surface area contributed by atoms with E-state index < -0.39 is 6.10 Å². The summed E-state index contributed by atoms with van der Waals surface area (Å²) in [6.45, 7) is 5.64. The molecule has 0 radical (unpaired) electrons. The first-order chi connectivity index (χ1) is 7.24. The molecule has 1 aromatic rings. The van der Waals surface area contributed by atoms with Gasteiger partial charge < -0.3 is 15.2 Å². The maximum absolute atomic E-state index is 9.54. The van der Waals surface area contributed by atoms with Crippen molar-refractivity contribution < 1.29 is 9.84 Å². The molecule has 0 bridgehead atoms. The van der Waals surface area contributed by atoms with Gasteiger partial charge in [-0.2, -0.15) is 11.3 Å². The van der Waals surface area contributed by atoms with Gasteiger partial charge in [0.1, 0.15) is 0 Å². The highest BCUT2D eigenvalue weighted by molar-refractivity contribution is 7.07. The van der Waals surface area contributed by atoms with Crippen molar-refractivity contribution in [1.82, 2.24) is 5.32 Å². The molecule has 3 nitrogen and oxygen atoms in total. The second-order valence-corrected chi connectivity index (χ2v) is 4.28. The normalized spacial score (nSPS) is 15.1. The Morgan fingerprint density at radius 3 is 3.00 bits per heavy atom. The maximum Gasteiger partial charge on any atom is 0.0897 e. The van der Waals surface area contributed by atoms with Gasteiger partial charge in [0.05, 0.1) is 12.7 Å². The van der Waals surface area contributed by atoms with Crippen LogP contribution in [0.4, 0.5) is 0 Å². The Morgan fingerprint density at radius 2 is 2.40 bits per heavy atom. The summed E-state index contributed by atoms with van der Waals surface area (Å²) in [5.74, 6) is 0. The molecule has 1 aromatic heterocycles. The molecular formula is C11H19NO2S. The fourth-order valence-corrected chi connectivity index (χ4v) is 2.02. The summed E-state index contributed by atoms with van der Waals surface area (Å²) in [7, 11) is 0. The number of rotatable bonds is 7. The molecular weight excluding hydrogens is 210 g/mol. The van der Waals surface area contributed by atoms with Gasteiger partial charge in [0.15, 0.2) is 0 Å². The lowest BCUT2D eigenvalue weighted by atomic mass is 10.2. The van der Waals surface area contributed by atoms with Gasteiger partial charge in [0.2, 0.25) is 0 Å². The Morgan fingerprint density at radius 1 is 1.60 bits per heavy atom. The smallest absolute Gasteiger partial charge is 0.0897 e. The highest BCUT2D eigenvalue weighted by Gasteiger charge is 2.08. The Hall–Kier alpha value is -0.420. The molecule has 4 heteroatoms. The zero-order valence-corrected chi connectivity index (χ0v) is 10.1. The number of hydrogen-bond donors (Lipinski definition) is 2. The van der Waals surface area contributed by atoms with Gasteiger partial charge >= 0.3 is 0 Å². The standard InChI is InChI=1S/C11H19NO2S/c1-3-14-7-11(13)6-12-9(2)10-4-5-15-8-10/h4-5,8-9,11-13H,3,6-7H2,1-2H3. The number of nitrogens with one attached hydrogen (secondary N) is 1. The highest BCUT2D eigenvalue weighted by Crippen LogP contribution is 2.15. The molecule has 0 aromatic carbocycles. The van der Waals surface area contributed by atoms with Gasteiger partial charge in [-0.3, -0.25) is 0 Å². The molecule has 0 aliphatic carbocycles. The lowest BCUT2D eigenvalue weighted by Gasteiger charge is -2.16. The van der Waals surface area contributed by atoms with Crippen molar-refractivity contribution in [2.45, 2.75) is 26.0 Å². The largest absolute Gasteiger partial charge is 0.389 e. The summed E-state index contributed by atoms with van der Waals surface area (Å²) in [6.07, 6.45) is -0.425. The van der Waals surface area contributed by atoms with E-state index in [0.29, 0.717) is 19.8 Å². The third kappa shape index (κ3) is 4.75. The minimum atomic E-state index is -0.425. The van der Waals surface area contributed by atoms with Crippen LogP contribution in [0.25, 0.3) is 0 Å². The average molecular weight is 229 g/mol. The first kappa shape index (κ1) is 12.6. The molecule has 1 heterocycles. The van der Waals surface area contributed by atoms with E-state index in [0.717, 1.165) is 0 Å². The fraction of sp³-hybridized carbons (Fsp3) is 0.636. The van der Waals surface area contributed by atoms with Crippen LogP contribution in [0.5, 0.6) is 0 Å². The van der Waals surface area contributed by atoms with Crippen LogP contribution in [0, 0.1) is 0 Å². The Kier molecular flexibility index (Phi) is 5.86. The van der Waals surface area contributed by atoms with E-state index in [2.05, 4.69) is 29.1 Å². The van der Waals surface area contributed by atoms with Crippen molar-refractivity contribution in [3.8, 4) is 0 Å². The minimum Gasteiger partial charge on any atom is -0.389 e. The van der Waals surface area contributed by atoms with E-state index in [1.165, 1.54) is 5.56 Å². The molecule has 0 amide bonds. The molecule has 0 fully saturated rings. The molecule has 0 aliphatic rings. The van der Waals surface area contributed by atoms with E-state index in [9.17, 15) is 5.11 Å². The lowest BCUT2D eigenvalue weighted by molar-refractivity contribution is 0.0416. The van der Waals surface area contributed by atoms with Gasteiger partial charge in [-0.15, -0.1) is 0 Å². The number of thiophene rings is 1. The van der Waals surface area contributed by atoms with Crippen LogP contribution in [0.3, 0.4) is 0 Å². The number of ether oxygens (including phenoxy) is 1. The highest BCUT2D eigenvalue weighted by atomic mass is 32.1. The molecule has 0 saturated carbocycles. The van der Waals surface area contributed by atoms with Crippen molar-refractivity contribution in [3.05, 3.63) is 22.4 Å². The predicted octanol–water partition coefficient (Wildman–Crippen LogP) is 1.80. The van der Waals surface area contributed by atoms with Gasteiger partial charge in [-0.05, 0) is 36.2 Å². The monoisotopic (exact) mass is 229 g/mol. The quantitative estimate of drug-likeness (QED) is 0.749. The first-order valence-corrected chi connectivity index (χ1v) is 6.19. The van der Waals surface area contributed by atoms with Crippen LogP contribution in [-0.2, 0) is 4.74 Å². The van der Waals surface area contributed by atoms with Crippen molar-refractivity contribution >= 4 is 11.3 Å². The number of hydrogen-bond acceptors (Lipinski definition) is 4. The molecule has 2 atom stereocenters. The van der Waals surface area contributed by atoms with Crippen LogP contribution in [0.15, 0.2) is 16.8 Å². The van der Waals surface area contributed by atoms with Crippen molar-refractivity contribution in [2.75, 3.05) is 19.8 Å². The molecule has 0 spiro atoms. The number of aliphatic hydroxyl groups is 1. The van der Waals surface area contributed by atoms with E-state index in [-0.39, 0.29) is 6.04 Å². The van der Waals surface area contributed by atoms with Crippen LogP contribution < -0.4 is 5.32 Å². The third-order valence-corrected chi connectivity index (χ3v) is 2.92. The maximum atomic E-state index is 9.54.